The molecule has 0 spiro atoms. The summed E-state index contributed by atoms with van der Waals surface area (Å²) in [5, 5.41) is 4.64. The van der Waals surface area contributed by atoms with E-state index in [1.807, 2.05) is 36.8 Å². The highest BCUT2D eigenvalue weighted by Gasteiger charge is 2.37. The smallest absolute Gasteiger partial charge is 0.156 e. The van der Waals surface area contributed by atoms with Gasteiger partial charge in [-0.1, -0.05) is 42.5 Å². The molecule has 4 heterocycles. The van der Waals surface area contributed by atoms with Crippen molar-refractivity contribution in [2.45, 2.75) is 24.8 Å². The van der Waals surface area contributed by atoms with Crippen LogP contribution in [-0.4, -0.2) is 68.4 Å². The molecule has 0 atom stereocenters. The average Bonchev–Trinajstić information content (AvgIpc) is 3.34. The molecule has 7 nitrogen and oxygen atoms in total. The summed E-state index contributed by atoms with van der Waals surface area (Å²) in [5.74, 6) is 2.47. The molecular weight excluding hydrogens is 458 g/mol. The van der Waals surface area contributed by atoms with Crippen molar-refractivity contribution < 1.29 is 0 Å². The van der Waals surface area contributed by atoms with Crippen molar-refractivity contribution >= 4 is 27.9 Å². The minimum Gasteiger partial charge on any atom is -0.338 e. The summed E-state index contributed by atoms with van der Waals surface area (Å²) in [7, 11) is 2.22. The lowest BCUT2D eigenvalue weighted by Crippen LogP contribution is -2.52. The highest BCUT2D eigenvalue weighted by Crippen LogP contribution is 2.40. The van der Waals surface area contributed by atoms with Gasteiger partial charge in [-0.3, -0.25) is 9.30 Å². The van der Waals surface area contributed by atoms with Gasteiger partial charge in [-0.05, 0) is 38.1 Å². The third-order valence-corrected chi connectivity index (χ3v) is 8.04. The van der Waals surface area contributed by atoms with Crippen LogP contribution in [-0.2, 0) is 0 Å². The van der Waals surface area contributed by atoms with Gasteiger partial charge in [0.2, 0.25) is 0 Å². The predicted molar refractivity (Wildman–Crippen MR) is 148 cm³/mol. The molecule has 5 aromatic rings. The molecule has 1 aliphatic carbocycles. The summed E-state index contributed by atoms with van der Waals surface area (Å²) in [6.07, 6.45) is 8.24. The Kier molecular flexibility index (Phi) is 5.60. The fourth-order valence-electron chi connectivity index (χ4n) is 5.73. The van der Waals surface area contributed by atoms with Gasteiger partial charge in [0.25, 0.3) is 0 Å². The Balaban J connectivity index is 1.11. The zero-order chi connectivity index (χ0) is 24.8. The molecule has 2 fully saturated rings. The van der Waals surface area contributed by atoms with E-state index in [1.165, 1.54) is 39.0 Å². The molecule has 1 aliphatic heterocycles. The number of pyridine rings is 1. The van der Waals surface area contributed by atoms with Crippen molar-refractivity contribution in [3.8, 4) is 11.3 Å². The highest BCUT2D eigenvalue weighted by atomic mass is 15.3. The average molecular weight is 490 g/mol. The number of hydrogen-bond acceptors (Lipinski definition) is 6. The van der Waals surface area contributed by atoms with Gasteiger partial charge >= 0.3 is 0 Å². The molecule has 1 saturated heterocycles. The Labute approximate surface area is 216 Å². The summed E-state index contributed by atoms with van der Waals surface area (Å²) < 4.78 is 2.22. The van der Waals surface area contributed by atoms with Gasteiger partial charge < -0.3 is 10.2 Å². The minimum absolute atomic E-state index is 0.503. The van der Waals surface area contributed by atoms with Gasteiger partial charge in [0.05, 0.1) is 17.4 Å². The standard InChI is InChI=1S/C30H31N7/c1-35-13-15-36(16-14-35)25-17-23(18-25)30-32-20-28-29(31-11-12-37(28)30)33-24-9-7-22-8-10-26(34-27(22)19-24)21-5-3-2-4-6-21/h2-12,19-20,23,25H,13-18H2,1H3,(H,31,33). The maximum Gasteiger partial charge on any atom is 0.156 e. The Bertz CT molecular complexity index is 1550. The van der Waals surface area contributed by atoms with E-state index in [0.29, 0.717) is 12.0 Å². The number of anilines is 2. The first-order chi connectivity index (χ1) is 18.2. The van der Waals surface area contributed by atoms with Crippen LogP contribution < -0.4 is 5.32 Å². The van der Waals surface area contributed by atoms with Crippen LogP contribution in [0, 0.1) is 0 Å². The van der Waals surface area contributed by atoms with E-state index in [1.54, 1.807) is 0 Å². The van der Waals surface area contributed by atoms with Crippen molar-refractivity contribution in [3.63, 3.8) is 0 Å². The molecule has 1 N–H and O–H groups in total. The van der Waals surface area contributed by atoms with E-state index in [4.69, 9.17) is 9.97 Å². The van der Waals surface area contributed by atoms with E-state index < -0.39 is 0 Å². The molecule has 1 saturated carbocycles. The summed E-state index contributed by atoms with van der Waals surface area (Å²) >= 11 is 0. The van der Waals surface area contributed by atoms with Crippen LogP contribution in [0.4, 0.5) is 11.5 Å². The number of imidazole rings is 1. The second-order valence-corrected chi connectivity index (χ2v) is 10.4. The van der Waals surface area contributed by atoms with Crippen molar-refractivity contribution in [1.82, 2.24) is 29.2 Å². The summed E-state index contributed by atoms with van der Waals surface area (Å²) in [6.45, 7) is 4.71. The predicted octanol–water partition coefficient (Wildman–Crippen LogP) is 5.18. The van der Waals surface area contributed by atoms with Crippen LogP contribution in [0.15, 0.2) is 79.3 Å². The number of likely N-dealkylation sites (N-methyl/N-ethyl adjacent to an activating group) is 1. The molecule has 2 aromatic carbocycles. The largest absolute Gasteiger partial charge is 0.338 e. The number of piperazine rings is 1. The number of benzene rings is 2. The quantitative estimate of drug-likeness (QED) is 0.367. The molecule has 0 bridgehead atoms. The fraction of sp³-hybridized carbons (Fsp3) is 0.300. The second kappa shape index (κ2) is 9.25. The molecule has 2 aliphatic rings. The summed E-state index contributed by atoms with van der Waals surface area (Å²) in [4.78, 5) is 19.5. The van der Waals surface area contributed by atoms with Gasteiger partial charge in [0.1, 0.15) is 11.3 Å². The van der Waals surface area contributed by atoms with Gasteiger partial charge in [-0.2, -0.15) is 0 Å². The number of rotatable bonds is 5. The van der Waals surface area contributed by atoms with Crippen molar-refractivity contribution in [1.29, 1.82) is 0 Å². The molecular formula is C30H31N7. The van der Waals surface area contributed by atoms with Gasteiger partial charge in [-0.15, -0.1) is 0 Å². The monoisotopic (exact) mass is 489 g/mol. The van der Waals surface area contributed by atoms with E-state index in [2.05, 4.69) is 74.0 Å². The Hall–Kier alpha value is -3.81. The molecule has 7 heteroatoms. The van der Waals surface area contributed by atoms with Gasteiger partial charge in [-0.25, -0.2) is 15.0 Å². The molecule has 7 rings (SSSR count). The van der Waals surface area contributed by atoms with E-state index in [0.717, 1.165) is 45.0 Å². The number of aromatic nitrogens is 4. The third kappa shape index (κ3) is 4.24. The van der Waals surface area contributed by atoms with Gasteiger partial charge in [0.15, 0.2) is 5.82 Å². The first kappa shape index (κ1) is 22.4. The van der Waals surface area contributed by atoms with E-state index >= 15 is 0 Å². The summed E-state index contributed by atoms with van der Waals surface area (Å²) in [5.41, 5.74) is 5.02. The topological polar surface area (TPSA) is 61.6 Å². The van der Waals surface area contributed by atoms with Crippen LogP contribution in [0.25, 0.3) is 27.7 Å². The number of nitrogens with one attached hydrogen (secondary N) is 1. The Morgan fingerprint density at radius 3 is 2.54 bits per heavy atom. The van der Waals surface area contributed by atoms with E-state index in [-0.39, 0.29) is 0 Å². The maximum atomic E-state index is 4.92. The SMILES string of the molecule is CN1CCN(C2CC(c3ncc4c(Nc5ccc6ccc(-c7ccccc7)nc6c5)nccn34)C2)CC1. The molecule has 37 heavy (non-hydrogen) atoms. The zero-order valence-corrected chi connectivity index (χ0v) is 21.1. The Morgan fingerprint density at radius 1 is 0.892 bits per heavy atom. The maximum absolute atomic E-state index is 4.92. The third-order valence-electron chi connectivity index (χ3n) is 8.04. The van der Waals surface area contributed by atoms with Crippen LogP contribution in [0.1, 0.15) is 24.6 Å². The first-order valence-electron chi connectivity index (χ1n) is 13.2. The highest BCUT2D eigenvalue weighted by molar-refractivity contribution is 5.86. The molecule has 0 amide bonds. The lowest BCUT2D eigenvalue weighted by molar-refractivity contribution is 0.0586. The summed E-state index contributed by atoms with van der Waals surface area (Å²) in [6, 6.07) is 21.5. The van der Waals surface area contributed by atoms with Crippen molar-refractivity contribution in [2.24, 2.45) is 0 Å². The normalized spacial score (nSPS) is 20.8. The number of nitrogens with zero attached hydrogens (tertiary/aromatic N) is 6. The van der Waals surface area contributed by atoms with Crippen LogP contribution >= 0.6 is 0 Å². The number of fused-ring (bicyclic) bond motifs is 2. The molecule has 3 aromatic heterocycles. The lowest BCUT2D eigenvalue weighted by Gasteiger charge is -2.45. The minimum atomic E-state index is 0.503. The second-order valence-electron chi connectivity index (χ2n) is 10.4. The zero-order valence-electron chi connectivity index (χ0n) is 21.1. The Morgan fingerprint density at radius 2 is 1.70 bits per heavy atom. The van der Waals surface area contributed by atoms with Crippen LogP contribution in [0.5, 0.6) is 0 Å². The lowest BCUT2D eigenvalue weighted by atomic mass is 9.78. The fourth-order valence-corrected chi connectivity index (χ4v) is 5.73. The van der Waals surface area contributed by atoms with Gasteiger partial charge in [0, 0.05) is 67.2 Å². The van der Waals surface area contributed by atoms with Crippen molar-refractivity contribution in [3.05, 3.63) is 85.1 Å². The van der Waals surface area contributed by atoms with Crippen molar-refractivity contribution in [2.75, 3.05) is 38.5 Å². The van der Waals surface area contributed by atoms with E-state index in [9.17, 15) is 0 Å². The molecule has 0 radical (unpaired) electrons. The molecule has 0 unspecified atom stereocenters. The number of hydrogen-bond donors (Lipinski definition) is 1. The van der Waals surface area contributed by atoms with Crippen LogP contribution in [0.3, 0.4) is 0 Å². The van der Waals surface area contributed by atoms with Crippen LogP contribution in [0.2, 0.25) is 0 Å². The molecule has 186 valence electrons. The first-order valence-corrected chi connectivity index (χ1v) is 13.2.